The van der Waals surface area contributed by atoms with Crippen LogP contribution in [-0.2, 0) is 0 Å². The van der Waals surface area contributed by atoms with E-state index in [1.807, 2.05) is 0 Å². The Kier molecular flexibility index (Phi) is 2.81. The van der Waals surface area contributed by atoms with Crippen LogP contribution in [0.2, 0.25) is 0 Å². The molecular formula is C16H24N2. The highest BCUT2D eigenvalue weighted by Crippen LogP contribution is 2.34. The maximum Gasteiger partial charge on any atom is 0.0282 e. The molecule has 4 aliphatic heterocycles. The van der Waals surface area contributed by atoms with Gasteiger partial charge in [-0.3, -0.25) is 9.80 Å². The summed E-state index contributed by atoms with van der Waals surface area (Å²) in [5.41, 5.74) is 0. The maximum absolute atomic E-state index is 2.78. The minimum atomic E-state index is 0.765. The van der Waals surface area contributed by atoms with Crippen molar-refractivity contribution in [3.8, 4) is 0 Å². The zero-order valence-electron chi connectivity index (χ0n) is 11.2. The van der Waals surface area contributed by atoms with Crippen LogP contribution in [0, 0.1) is 0 Å². The van der Waals surface area contributed by atoms with Crippen molar-refractivity contribution in [2.45, 2.75) is 62.7 Å². The summed E-state index contributed by atoms with van der Waals surface area (Å²) in [6, 6.07) is 3.25. The van der Waals surface area contributed by atoms with Crippen LogP contribution < -0.4 is 0 Å². The van der Waals surface area contributed by atoms with E-state index in [0.29, 0.717) is 0 Å². The molecule has 2 fully saturated rings. The van der Waals surface area contributed by atoms with Gasteiger partial charge in [0.05, 0.1) is 0 Å². The van der Waals surface area contributed by atoms with E-state index in [-0.39, 0.29) is 0 Å². The molecule has 0 aromatic heterocycles. The van der Waals surface area contributed by atoms with E-state index >= 15 is 0 Å². The van der Waals surface area contributed by atoms with Crippen LogP contribution in [-0.4, -0.2) is 47.1 Å². The van der Waals surface area contributed by atoms with E-state index in [2.05, 4.69) is 34.1 Å². The van der Waals surface area contributed by atoms with Crippen molar-refractivity contribution in [3.63, 3.8) is 0 Å². The predicted octanol–water partition coefficient (Wildman–Crippen LogP) is 2.57. The van der Waals surface area contributed by atoms with Crippen molar-refractivity contribution in [1.29, 1.82) is 0 Å². The van der Waals surface area contributed by atoms with Crippen LogP contribution in [0.3, 0.4) is 0 Å². The lowest BCUT2D eigenvalue weighted by Crippen LogP contribution is -2.46. The summed E-state index contributed by atoms with van der Waals surface area (Å²) >= 11 is 0. The summed E-state index contributed by atoms with van der Waals surface area (Å²) in [7, 11) is 0. The lowest BCUT2D eigenvalue weighted by Gasteiger charge is -2.36. The normalized spacial score (nSPS) is 42.9. The predicted molar refractivity (Wildman–Crippen MR) is 74.5 cm³/mol. The second-order valence-corrected chi connectivity index (χ2v) is 6.40. The summed E-state index contributed by atoms with van der Waals surface area (Å²) in [4.78, 5) is 5.55. The van der Waals surface area contributed by atoms with E-state index < -0.39 is 0 Å². The first kappa shape index (κ1) is 11.2. The van der Waals surface area contributed by atoms with E-state index in [1.54, 1.807) is 0 Å². The van der Waals surface area contributed by atoms with Crippen LogP contribution in [0.15, 0.2) is 24.3 Å². The fourth-order valence-corrected chi connectivity index (χ4v) is 4.56. The standard InChI is InChI=1S/C16H24N2/c1-3-13-7-8-14(4-1)17(13)11-12-18-15-5-2-6-16(18)10-9-15/h1-3,5,13-16H,4,6-12H2. The summed E-state index contributed by atoms with van der Waals surface area (Å²) in [6.45, 7) is 2.58. The molecule has 98 valence electrons. The lowest BCUT2D eigenvalue weighted by molar-refractivity contribution is 0.142. The van der Waals surface area contributed by atoms with Crippen molar-refractivity contribution in [2.24, 2.45) is 0 Å². The zero-order valence-corrected chi connectivity index (χ0v) is 11.2. The molecule has 4 unspecified atom stereocenters. The molecule has 4 aliphatic rings. The molecule has 0 spiro atoms. The van der Waals surface area contributed by atoms with E-state index in [0.717, 1.165) is 24.2 Å². The quantitative estimate of drug-likeness (QED) is 0.704. The number of rotatable bonds is 3. The van der Waals surface area contributed by atoms with Crippen LogP contribution in [0.5, 0.6) is 0 Å². The Hall–Kier alpha value is -0.600. The molecule has 4 heterocycles. The van der Waals surface area contributed by atoms with Gasteiger partial charge in [-0.15, -0.1) is 0 Å². The summed E-state index contributed by atoms with van der Waals surface area (Å²) in [5, 5.41) is 0. The molecule has 0 aliphatic carbocycles. The number of fused-ring (bicyclic) bond motifs is 4. The second kappa shape index (κ2) is 4.50. The Bertz CT molecular complexity index is 337. The second-order valence-electron chi connectivity index (χ2n) is 6.40. The van der Waals surface area contributed by atoms with E-state index in [9.17, 15) is 0 Å². The summed E-state index contributed by atoms with van der Waals surface area (Å²) < 4.78 is 0. The van der Waals surface area contributed by atoms with Gasteiger partial charge in [-0.1, -0.05) is 24.3 Å². The highest BCUT2D eigenvalue weighted by molar-refractivity contribution is 5.10. The molecule has 0 aromatic carbocycles. The zero-order chi connectivity index (χ0) is 11.9. The third-order valence-electron chi connectivity index (χ3n) is 5.53. The molecule has 0 saturated carbocycles. The Morgan fingerprint density at radius 3 is 1.67 bits per heavy atom. The minimum absolute atomic E-state index is 0.765. The van der Waals surface area contributed by atoms with Gasteiger partial charge in [-0.05, 0) is 38.5 Å². The topological polar surface area (TPSA) is 6.48 Å². The maximum atomic E-state index is 2.78. The first-order valence-electron chi connectivity index (χ1n) is 7.76. The minimum Gasteiger partial charge on any atom is -0.292 e. The molecular weight excluding hydrogens is 220 g/mol. The summed E-state index contributed by atoms with van der Waals surface area (Å²) in [5.74, 6) is 0. The monoisotopic (exact) mass is 244 g/mol. The van der Waals surface area contributed by atoms with Gasteiger partial charge >= 0.3 is 0 Å². The van der Waals surface area contributed by atoms with Gasteiger partial charge in [0.1, 0.15) is 0 Å². The van der Waals surface area contributed by atoms with Gasteiger partial charge < -0.3 is 0 Å². The average molecular weight is 244 g/mol. The molecule has 0 radical (unpaired) electrons. The van der Waals surface area contributed by atoms with E-state index in [1.165, 1.54) is 51.6 Å². The number of hydrogen-bond donors (Lipinski definition) is 0. The SMILES string of the molecule is C1=CC2CCC(C1)N2CCN1C2C=CCC1CC2. The van der Waals surface area contributed by atoms with Crippen molar-refractivity contribution in [1.82, 2.24) is 9.80 Å². The Labute approximate surface area is 110 Å². The smallest absolute Gasteiger partial charge is 0.0282 e. The molecule has 0 aromatic rings. The van der Waals surface area contributed by atoms with Gasteiger partial charge in [0.15, 0.2) is 0 Å². The van der Waals surface area contributed by atoms with Crippen LogP contribution in [0.1, 0.15) is 38.5 Å². The number of nitrogens with zero attached hydrogens (tertiary/aromatic N) is 2. The Morgan fingerprint density at radius 1 is 0.722 bits per heavy atom. The molecule has 18 heavy (non-hydrogen) atoms. The molecule has 4 atom stereocenters. The molecule has 4 bridgehead atoms. The molecule has 2 nitrogen and oxygen atoms in total. The fraction of sp³-hybridized carbons (Fsp3) is 0.750. The number of hydrogen-bond acceptors (Lipinski definition) is 2. The highest BCUT2D eigenvalue weighted by atomic mass is 15.3. The molecule has 2 heteroatoms. The van der Waals surface area contributed by atoms with Crippen molar-refractivity contribution >= 4 is 0 Å². The van der Waals surface area contributed by atoms with Crippen LogP contribution in [0.25, 0.3) is 0 Å². The van der Waals surface area contributed by atoms with Gasteiger partial charge in [0, 0.05) is 37.3 Å². The van der Waals surface area contributed by atoms with Gasteiger partial charge in [0.2, 0.25) is 0 Å². The van der Waals surface area contributed by atoms with Crippen LogP contribution in [0.4, 0.5) is 0 Å². The molecule has 0 N–H and O–H groups in total. The van der Waals surface area contributed by atoms with Gasteiger partial charge in [-0.25, -0.2) is 0 Å². The average Bonchev–Trinajstić information content (AvgIpc) is 2.74. The van der Waals surface area contributed by atoms with E-state index in [4.69, 9.17) is 0 Å². The first-order valence-corrected chi connectivity index (χ1v) is 7.76. The fourth-order valence-electron chi connectivity index (χ4n) is 4.56. The Morgan fingerprint density at radius 2 is 1.22 bits per heavy atom. The van der Waals surface area contributed by atoms with Crippen LogP contribution >= 0.6 is 0 Å². The first-order chi connectivity index (χ1) is 8.92. The van der Waals surface area contributed by atoms with Crippen molar-refractivity contribution < 1.29 is 0 Å². The van der Waals surface area contributed by atoms with Crippen molar-refractivity contribution in [2.75, 3.05) is 13.1 Å². The molecule has 4 rings (SSSR count). The van der Waals surface area contributed by atoms with Gasteiger partial charge in [0.25, 0.3) is 0 Å². The van der Waals surface area contributed by atoms with Gasteiger partial charge in [-0.2, -0.15) is 0 Å². The third-order valence-corrected chi connectivity index (χ3v) is 5.53. The third kappa shape index (κ3) is 1.78. The molecule has 0 amide bonds. The summed E-state index contributed by atoms with van der Waals surface area (Å²) in [6.07, 6.45) is 17.9. The lowest BCUT2D eigenvalue weighted by atomic mass is 10.1. The highest BCUT2D eigenvalue weighted by Gasteiger charge is 2.37. The largest absolute Gasteiger partial charge is 0.292 e. The Balaban J connectivity index is 1.39. The van der Waals surface area contributed by atoms with Crippen molar-refractivity contribution in [3.05, 3.63) is 24.3 Å². The molecule has 2 saturated heterocycles.